The van der Waals surface area contributed by atoms with Crippen LogP contribution in [0.2, 0.25) is 0 Å². The molecule has 0 aromatic rings. The molecule has 0 aromatic carbocycles. The van der Waals surface area contributed by atoms with Gasteiger partial charge in [0.1, 0.15) is 0 Å². The Bertz CT molecular complexity index is 1630. The van der Waals surface area contributed by atoms with E-state index in [1.165, 1.54) is 0 Å². The quantitative estimate of drug-likeness (QED) is 0.0199. The predicted molar refractivity (Wildman–Crippen MR) is 320 cm³/mol. The topological polar surface area (TPSA) is 834 Å². The monoisotopic (exact) mass is 1720 g/mol. The zero-order valence-corrected chi connectivity index (χ0v) is 62.6. The number of aliphatic hydroxyl groups excluding tert-OH is 6. The number of nitrogens with two attached hydrogens (primary N) is 6. The minimum Gasteiger partial charge on any atom is -0.549 e. The minimum absolute atomic E-state index is 0. The van der Waals surface area contributed by atoms with Gasteiger partial charge >= 0.3 is 68.3 Å². The van der Waals surface area contributed by atoms with Crippen molar-refractivity contribution in [2.75, 3.05) is 276 Å². The molecule has 0 aliphatic rings. The van der Waals surface area contributed by atoms with Crippen molar-refractivity contribution in [1.29, 1.82) is 0 Å². The number of carboxylic acids is 12. The molecule has 106 heavy (non-hydrogen) atoms. The molecule has 18 N–H and O–H groups in total. The van der Waals surface area contributed by atoms with Crippen molar-refractivity contribution in [3.05, 3.63) is 0 Å². The van der Waals surface area contributed by atoms with Crippen LogP contribution in [0.25, 0.3) is 0 Å². The molecule has 626 valence electrons. The SMILES string of the molecule is NCCOCCN.NCCOCCN.NCCOCCN.O=C([O-])CN(CCOCCN(CC(=O)[O-])CC(=O)[O-])CC(=O)[O-].O=C([O-])CN(CCOCCN(CC(=O)[O-])CC(=O)[O-])CC(=O)[O-].O=C([O-])CN(CCOCCN(CC(=O)[O-])CC(=O)[O-])CC(=O)[O-].OCCO.OCCO.OCCO.[Fe+3].[Fe+3].[Fe+3].[Fe+3]. The molecule has 0 aliphatic carbocycles. The number of ether oxygens (including phenoxy) is 6. The zero-order valence-electron chi connectivity index (χ0n) is 58.2. The van der Waals surface area contributed by atoms with Crippen molar-refractivity contribution in [2.45, 2.75) is 0 Å². The summed E-state index contributed by atoms with van der Waals surface area (Å²) in [5.74, 6) is -17.5. The average molecular weight is 1720 g/mol. The van der Waals surface area contributed by atoms with Crippen LogP contribution in [0.4, 0.5) is 0 Å². The summed E-state index contributed by atoms with van der Waals surface area (Å²) >= 11 is 0. The third-order valence-corrected chi connectivity index (χ3v) is 9.42. The molecule has 0 saturated heterocycles. The number of hydrogen-bond acceptors (Lipinski definition) is 48. The second-order valence-electron chi connectivity index (χ2n) is 18.5. The summed E-state index contributed by atoms with van der Waals surface area (Å²) in [7, 11) is 0. The van der Waals surface area contributed by atoms with Crippen LogP contribution in [0.5, 0.6) is 0 Å². The first-order chi connectivity index (χ1) is 48.1. The molecule has 0 fully saturated rings. The van der Waals surface area contributed by atoms with Gasteiger partial charge in [-0.25, -0.2) is 0 Å². The summed E-state index contributed by atoms with van der Waals surface area (Å²) in [4.78, 5) is 131. The summed E-state index contributed by atoms with van der Waals surface area (Å²) in [5, 5.41) is 171. The van der Waals surface area contributed by atoms with Gasteiger partial charge in [0.05, 0.1) is 191 Å². The Morgan fingerprint density at radius 2 is 0.283 bits per heavy atom. The number of aliphatic hydroxyl groups is 6. The van der Waals surface area contributed by atoms with Crippen molar-refractivity contribution in [1.82, 2.24) is 29.4 Å². The van der Waals surface area contributed by atoms with E-state index in [0.717, 1.165) is 29.4 Å². The number of carbonyl (C=O) groups excluding carboxylic acids is 12. The van der Waals surface area contributed by atoms with E-state index in [1.807, 2.05) is 0 Å². The van der Waals surface area contributed by atoms with E-state index >= 15 is 0 Å². The molecule has 0 saturated carbocycles. The van der Waals surface area contributed by atoms with Gasteiger partial charge in [0.15, 0.2) is 0 Å². The number of carboxylic acid groups (broad SMARTS) is 12. The van der Waals surface area contributed by atoms with Crippen molar-refractivity contribution < 1.29 is 246 Å². The average Bonchev–Trinajstić information content (AvgIpc) is 0.993. The van der Waals surface area contributed by atoms with E-state index < -0.39 is 150 Å². The van der Waals surface area contributed by atoms with Gasteiger partial charge in [0.2, 0.25) is 0 Å². The molecule has 4 radical (unpaired) electrons. The normalized spacial score (nSPS) is 9.79. The van der Waals surface area contributed by atoms with Crippen LogP contribution in [-0.2, 0) is 154 Å². The fourth-order valence-electron chi connectivity index (χ4n) is 5.75. The summed E-state index contributed by atoms with van der Waals surface area (Å²) in [6.07, 6.45) is 0. The van der Waals surface area contributed by atoms with E-state index in [4.69, 9.17) is 93.5 Å². The van der Waals surface area contributed by atoms with E-state index in [9.17, 15) is 119 Å². The number of nitrogens with zero attached hydrogens (tertiary/aromatic N) is 6. The molecule has 0 amide bonds. The van der Waals surface area contributed by atoms with Gasteiger partial charge in [-0.1, -0.05) is 0 Å². The Morgan fingerprint density at radius 1 is 0.198 bits per heavy atom. The Morgan fingerprint density at radius 3 is 0.349 bits per heavy atom. The molecule has 0 aliphatic heterocycles. The standard InChI is InChI=1S/3C12H20N2O9.3C4H12N2O.3C2H6O2.4Fe/c3*15-9(16)5-13(6-10(17)18)1-3-23-4-2-14(7-11(19)20)8-12(21)22;3*5-1-3-7-4-2-6;3*3-1-2-4;;;;/h3*1-8H2,(H,15,16)(H,17,18)(H,19,20)(H,21,22);3*1-6H2;3*3-4H,1-2H2;;;;/q;;;;;;;;;4*+3/p-12. The molecule has 0 atom stereocenters. The second kappa shape index (κ2) is 104. The second-order valence-corrected chi connectivity index (χ2v) is 18.5. The molecule has 0 heterocycles. The molecule has 0 aromatic heterocycles. The molecule has 0 spiro atoms. The van der Waals surface area contributed by atoms with Crippen LogP contribution in [0.3, 0.4) is 0 Å². The van der Waals surface area contributed by atoms with Gasteiger partial charge < -0.3 is 212 Å². The molecule has 48 nitrogen and oxygen atoms in total. The maximum atomic E-state index is 10.4. The third-order valence-electron chi connectivity index (χ3n) is 9.42. The summed E-state index contributed by atoms with van der Waals surface area (Å²) < 4.78 is 29.9. The first-order valence-electron chi connectivity index (χ1n) is 30.1. The van der Waals surface area contributed by atoms with Gasteiger partial charge in [-0.3, -0.25) is 29.4 Å². The fourth-order valence-corrected chi connectivity index (χ4v) is 5.75. The maximum absolute atomic E-state index is 10.4. The summed E-state index contributed by atoms with van der Waals surface area (Å²) in [6, 6.07) is 0. The summed E-state index contributed by atoms with van der Waals surface area (Å²) in [5.41, 5.74) is 30.6. The van der Waals surface area contributed by atoms with Crippen molar-refractivity contribution in [3.8, 4) is 0 Å². The van der Waals surface area contributed by atoms with Crippen LogP contribution in [0.1, 0.15) is 0 Å². The number of hydrogen-bond donors (Lipinski definition) is 12. The largest absolute Gasteiger partial charge is 3.00 e. The van der Waals surface area contributed by atoms with E-state index in [2.05, 4.69) is 0 Å². The van der Waals surface area contributed by atoms with E-state index in [1.54, 1.807) is 0 Å². The van der Waals surface area contributed by atoms with Gasteiger partial charge in [-0.2, -0.15) is 0 Å². The minimum atomic E-state index is -1.46. The third kappa shape index (κ3) is 141. The van der Waals surface area contributed by atoms with Crippen molar-refractivity contribution in [3.63, 3.8) is 0 Å². The number of rotatable bonds is 57. The maximum Gasteiger partial charge on any atom is 3.00 e. The van der Waals surface area contributed by atoms with E-state index in [-0.39, 0.29) is 187 Å². The Hall–Kier alpha value is -5.24. The Balaban J connectivity index is -0.0000000901. The molecule has 52 heteroatoms. The Labute approximate surface area is 654 Å². The predicted octanol–water partition coefficient (Wildman–Crippen LogP) is -28.5. The van der Waals surface area contributed by atoms with Crippen LogP contribution >= 0.6 is 0 Å². The fraction of sp³-hybridized carbons (Fsp3) is 0.778. The number of aliphatic carboxylic acids is 12. The first kappa shape index (κ1) is 130. The van der Waals surface area contributed by atoms with Gasteiger partial charge in [-0.15, -0.1) is 0 Å². The Kier molecular flexibility index (Phi) is 128. The van der Waals surface area contributed by atoms with Gasteiger partial charge in [-0.05, 0) is 0 Å². The van der Waals surface area contributed by atoms with Crippen molar-refractivity contribution in [2.24, 2.45) is 34.4 Å². The summed E-state index contributed by atoms with van der Waals surface area (Å²) in [6.45, 7) is -1.40. The number of carbonyl (C=O) groups is 12. The smallest absolute Gasteiger partial charge is 0.549 e. The molecule has 0 unspecified atom stereocenters. The van der Waals surface area contributed by atoms with E-state index in [0.29, 0.717) is 78.9 Å². The van der Waals surface area contributed by atoms with Crippen LogP contribution in [0.15, 0.2) is 0 Å². The zero-order chi connectivity index (χ0) is 80.3. The molecular weight excluding hydrogens is 1620 g/mol. The van der Waals surface area contributed by atoms with Gasteiger partial charge in [0, 0.05) is 157 Å². The molecule has 0 bridgehead atoms. The first-order valence-corrected chi connectivity index (χ1v) is 30.1. The van der Waals surface area contributed by atoms with Crippen LogP contribution in [0, 0.1) is 0 Å². The van der Waals surface area contributed by atoms with Crippen LogP contribution in [-0.4, -0.2) is 408 Å². The molecule has 0 rings (SSSR count). The van der Waals surface area contributed by atoms with Crippen molar-refractivity contribution >= 4 is 71.6 Å². The van der Waals surface area contributed by atoms with Gasteiger partial charge in [0.25, 0.3) is 0 Å². The van der Waals surface area contributed by atoms with Crippen LogP contribution < -0.4 is 95.7 Å². The molecular formula is C54H102Fe4N12O36.